The zero-order valence-electron chi connectivity index (χ0n) is 14.8. The second-order valence-electron chi connectivity index (χ2n) is 6.35. The maximum Gasteiger partial charge on any atom is 0.294 e. The molecule has 0 saturated carbocycles. The standard InChI is InChI=1S/C23H16FNO3/c24-19-6-2-1-5-18(19)14-25-20-7-3-4-8-21(20)28-22(23(25)27)13-16-9-11-17(15-26)12-10-16/h1-13,15H,14H2/b22-13-. The summed E-state index contributed by atoms with van der Waals surface area (Å²) in [6.45, 7) is 0.0906. The molecule has 1 aliphatic heterocycles. The SMILES string of the molecule is O=Cc1ccc(/C=C2\Oc3ccccc3N(Cc3ccccc3F)C2=O)cc1. The number of ether oxygens (including phenoxy) is 1. The van der Waals surface area contributed by atoms with Gasteiger partial charge in [-0.2, -0.15) is 0 Å². The molecule has 0 aromatic heterocycles. The van der Waals surface area contributed by atoms with Crippen LogP contribution in [0, 0.1) is 5.82 Å². The molecule has 1 aliphatic rings. The third-order valence-corrected chi connectivity index (χ3v) is 4.49. The third-order valence-electron chi connectivity index (χ3n) is 4.49. The van der Waals surface area contributed by atoms with Gasteiger partial charge in [0.25, 0.3) is 5.91 Å². The molecule has 5 heteroatoms. The van der Waals surface area contributed by atoms with Crippen LogP contribution in [-0.4, -0.2) is 12.2 Å². The Hall–Kier alpha value is -3.73. The van der Waals surface area contributed by atoms with Crippen LogP contribution in [0.25, 0.3) is 6.08 Å². The van der Waals surface area contributed by atoms with Crippen LogP contribution in [0.1, 0.15) is 21.5 Å². The molecule has 0 radical (unpaired) electrons. The Morgan fingerprint density at radius 3 is 2.32 bits per heavy atom. The molecule has 4 rings (SSSR count). The molecule has 138 valence electrons. The molecule has 0 fully saturated rings. The predicted molar refractivity (Wildman–Crippen MR) is 104 cm³/mol. The normalized spacial score (nSPS) is 14.5. The molecule has 0 aliphatic carbocycles. The van der Waals surface area contributed by atoms with Crippen molar-refractivity contribution in [3.05, 3.63) is 101 Å². The summed E-state index contributed by atoms with van der Waals surface area (Å²) in [7, 11) is 0. The maximum absolute atomic E-state index is 14.2. The van der Waals surface area contributed by atoms with Crippen molar-refractivity contribution < 1.29 is 18.7 Å². The monoisotopic (exact) mass is 373 g/mol. The van der Waals surface area contributed by atoms with Gasteiger partial charge in [0, 0.05) is 11.1 Å². The summed E-state index contributed by atoms with van der Waals surface area (Å²) < 4.78 is 20.0. The van der Waals surface area contributed by atoms with Gasteiger partial charge in [-0.3, -0.25) is 14.5 Å². The number of halogens is 1. The molecule has 0 unspecified atom stereocenters. The van der Waals surface area contributed by atoms with E-state index in [1.54, 1.807) is 66.7 Å². The first-order valence-electron chi connectivity index (χ1n) is 8.75. The number of aldehydes is 1. The van der Waals surface area contributed by atoms with Crippen molar-refractivity contribution >= 4 is 24.0 Å². The Labute approximate surface area is 161 Å². The zero-order valence-corrected chi connectivity index (χ0v) is 14.8. The van der Waals surface area contributed by atoms with Crippen molar-refractivity contribution in [3.8, 4) is 5.75 Å². The number of benzene rings is 3. The Balaban J connectivity index is 1.73. The average molecular weight is 373 g/mol. The van der Waals surface area contributed by atoms with Crippen LogP contribution >= 0.6 is 0 Å². The Morgan fingerprint density at radius 2 is 1.57 bits per heavy atom. The fourth-order valence-corrected chi connectivity index (χ4v) is 3.04. The number of anilines is 1. The van der Waals surface area contributed by atoms with E-state index >= 15 is 0 Å². The fourth-order valence-electron chi connectivity index (χ4n) is 3.04. The van der Waals surface area contributed by atoms with Crippen LogP contribution in [-0.2, 0) is 11.3 Å². The first-order chi connectivity index (χ1) is 13.7. The number of carbonyl (C=O) groups excluding carboxylic acids is 2. The minimum absolute atomic E-state index is 0.0906. The Kier molecular flexibility index (Phi) is 4.72. The molecule has 1 heterocycles. The second-order valence-corrected chi connectivity index (χ2v) is 6.35. The first-order valence-corrected chi connectivity index (χ1v) is 8.75. The van der Waals surface area contributed by atoms with Crippen molar-refractivity contribution in [2.24, 2.45) is 0 Å². The Morgan fingerprint density at radius 1 is 0.893 bits per heavy atom. The number of hydrogen-bond acceptors (Lipinski definition) is 3. The Bertz CT molecular complexity index is 1070. The van der Waals surface area contributed by atoms with Crippen LogP contribution in [0.2, 0.25) is 0 Å². The molecule has 0 saturated heterocycles. The van der Waals surface area contributed by atoms with Gasteiger partial charge in [-0.25, -0.2) is 4.39 Å². The lowest BCUT2D eigenvalue weighted by Gasteiger charge is -2.30. The molecule has 1 amide bonds. The molecule has 0 spiro atoms. The number of rotatable bonds is 4. The number of carbonyl (C=O) groups is 2. The number of fused-ring (bicyclic) bond motifs is 1. The van der Waals surface area contributed by atoms with Gasteiger partial charge in [0.2, 0.25) is 0 Å². The molecular formula is C23H16FNO3. The molecule has 4 nitrogen and oxygen atoms in total. The van der Waals surface area contributed by atoms with E-state index in [0.29, 0.717) is 22.6 Å². The zero-order chi connectivity index (χ0) is 19.5. The van der Waals surface area contributed by atoms with Gasteiger partial charge in [-0.05, 0) is 29.8 Å². The lowest BCUT2D eigenvalue weighted by molar-refractivity contribution is -0.117. The lowest BCUT2D eigenvalue weighted by Crippen LogP contribution is -2.37. The van der Waals surface area contributed by atoms with Crippen LogP contribution in [0.3, 0.4) is 0 Å². The number of para-hydroxylation sites is 2. The topological polar surface area (TPSA) is 46.6 Å². The highest BCUT2D eigenvalue weighted by Crippen LogP contribution is 2.36. The number of nitrogens with zero attached hydrogens (tertiary/aromatic N) is 1. The summed E-state index contributed by atoms with van der Waals surface area (Å²) >= 11 is 0. The van der Waals surface area contributed by atoms with E-state index in [1.165, 1.54) is 11.0 Å². The quantitative estimate of drug-likeness (QED) is 0.496. The van der Waals surface area contributed by atoms with E-state index in [0.717, 1.165) is 11.8 Å². The van der Waals surface area contributed by atoms with Crippen LogP contribution in [0.15, 0.2) is 78.6 Å². The highest BCUT2D eigenvalue weighted by molar-refractivity contribution is 6.09. The molecule has 0 atom stereocenters. The van der Waals surface area contributed by atoms with E-state index in [9.17, 15) is 14.0 Å². The van der Waals surface area contributed by atoms with Crippen molar-refractivity contribution in [1.82, 2.24) is 0 Å². The van der Waals surface area contributed by atoms with Crippen molar-refractivity contribution in [1.29, 1.82) is 0 Å². The molecule has 0 bridgehead atoms. The van der Waals surface area contributed by atoms with E-state index in [4.69, 9.17) is 4.74 Å². The molecule has 3 aromatic carbocycles. The number of hydrogen-bond donors (Lipinski definition) is 0. The largest absolute Gasteiger partial charge is 0.449 e. The lowest BCUT2D eigenvalue weighted by atomic mass is 10.1. The van der Waals surface area contributed by atoms with Crippen LogP contribution < -0.4 is 9.64 Å². The van der Waals surface area contributed by atoms with E-state index in [1.807, 2.05) is 6.07 Å². The van der Waals surface area contributed by atoms with Gasteiger partial charge in [0.15, 0.2) is 11.5 Å². The molecular weight excluding hydrogens is 357 g/mol. The van der Waals surface area contributed by atoms with Crippen molar-refractivity contribution in [2.45, 2.75) is 6.54 Å². The maximum atomic E-state index is 14.2. The average Bonchev–Trinajstić information content (AvgIpc) is 2.73. The van der Waals surface area contributed by atoms with Gasteiger partial charge in [0.05, 0.1) is 12.2 Å². The minimum atomic E-state index is -0.366. The summed E-state index contributed by atoms with van der Waals surface area (Å²) in [5.74, 6) is -0.0706. The van der Waals surface area contributed by atoms with E-state index in [2.05, 4.69) is 0 Å². The molecule has 3 aromatic rings. The summed E-state index contributed by atoms with van der Waals surface area (Å²) in [5.41, 5.74) is 2.27. The number of amides is 1. The first kappa shape index (κ1) is 17.7. The summed E-state index contributed by atoms with van der Waals surface area (Å²) in [5, 5.41) is 0. The summed E-state index contributed by atoms with van der Waals surface area (Å²) in [6.07, 6.45) is 2.37. The van der Waals surface area contributed by atoms with Crippen molar-refractivity contribution in [2.75, 3.05) is 4.90 Å². The van der Waals surface area contributed by atoms with E-state index in [-0.39, 0.29) is 24.0 Å². The van der Waals surface area contributed by atoms with E-state index < -0.39 is 0 Å². The van der Waals surface area contributed by atoms with Crippen molar-refractivity contribution in [3.63, 3.8) is 0 Å². The second kappa shape index (κ2) is 7.48. The smallest absolute Gasteiger partial charge is 0.294 e. The van der Waals surface area contributed by atoms with Crippen LogP contribution in [0.5, 0.6) is 5.75 Å². The van der Waals surface area contributed by atoms with Gasteiger partial charge >= 0.3 is 0 Å². The predicted octanol–water partition coefficient (Wildman–Crippen LogP) is 4.60. The summed E-state index contributed by atoms with van der Waals surface area (Å²) in [6, 6.07) is 20.3. The molecule has 0 N–H and O–H groups in total. The van der Waals surface area contributed by atoms with Gasteiger partial charge < -0.3 is 4.74 Å². The van der Waals surface area contributed by atoms with Crippen LogP contribution in [0.4, 0.5) is 10.1 Å². The minimum Gasteiger partial charge on any atom is -0.449 e. The summed E-state index contributed by atoms with van der Waals surface area (Å²) in [4.78, 5) is 25.4. The third kappa shape index (κ3) is 3.42. The highest BCUT2D eigenvalue weighted by atomic mass is 19.1. The van der Waals surface area contributed by atoms with Gasteiger partial charge in [0.1, 0.15) is 12.1 Å². The highest BCUT2D eigenvalue weighted by Gasteiger charge is 2.30. The molecule has 28 heavy (non-hydrogen) atoms. The van der Waals surface area contributed by atoms with Gasteiger partial charge in [-0.15, -0.1) is 0 Å². The van der Waals surface area contributed by atoms with Gasteiger partial charge in [-0.1, -0.05) is 54.6 Å². The fraction of sp³-hybridized carbons (Fsp3) is 0.0435.